The summed E-state index contributed by atoms with van der Waals surface area (Å²) in [7, 11) is 0. The lowest BCUT2D eigenvalue weighted by Crippen LogP contribution is -2.43. The molecule has 9 heteroatoms. The molecular formula is C30H30FN3O5. The first kappa shape index (κ1) is 24.6. The van der Waals surface area contributed by atoms with Gasteiger partial charge < -0.3 is 20.1 Å². The number of aliphatic hydroxyl groups is 2. The van der Waals surface area contributed by atoms with Crippen LogP contribution in [0.15, 0.2) is 16.9 Å². The van der Waals surface area contributed by atoms with Crippen molar-refractivity contribution in [1.82, 2.24) is 14.9 Å². The topological polar surface area (TPSA) is 122 Å². The Balaban J connectivity index is 1.45. The van der Waals surface area contributed by atoms with E-state index in [1.807, 2.05) is 0 Å². The number of rotatable bonds is 3. The van der Waals surface area contributed by atoms with Crippen molar-refractivity contribution in [3.8, 4) is 11.4 Å². The van der Waals surface area contributed by atoms with Crippen molar-refractivity contribution >= 4 is 22.6 Å². The molecule has 0 radical (unpaired) electrons. The second-order valence-electron chi connectivity index (χ2n) is 11.6. The normalized spacial score (nSPS) is 26.6. The molecule has 1 amide bonds. The Morgan fingerprint density at radius 2 is 1.95 bits per heavy atom. The maximum atomic E-state index is 15.0. The zero-order chi connectivity index (χ0) is 27.4. The molecule has 1 aliphatic heterocycles. The van der Waals surface area contributed by atoms with E-state index in [-0.39, 0.29) is 60.8 Å². The van der Waals surface area contributed by atoms with Gasteiger partial charge in [-0.05, 0) is 68.2 Å². The van der Waals surface area contributed by atoms with E-state index >= 15 is 4.39 Å². The van der Waals surface area contributed by atoms with Gasteiger partial charge in [0.1, 0.15) is 11.4 Å². The Morgan fingerprint density at radius 3 is 2.67 bits per heavy atom. The summed E-state index contributed by atoms with van der Waals surface area (Å²) in [4.78, 5) is 44.4. The van der Waals surface area contributed by atoms with E-state index in [0.29, 0.717) is 59.3 Å². The number of halogens is 1. The van der Waals surface area contributed by atoms with Gasteiger partial charge in [0.05, 0.1) is 35.6 Å². The molecule has 1 saturated carbocycles. The van der Waals surface area contributed by atoms with Gasteiger partial charge in [0, 0.05) is 40.5 Å². The van der Waals surface area contributed by atoms with E-state index in [9.17, 15) is 24.6 Å². The summed E-state index contributed by atoms with van der Waals surface area (Å²) in [6, 6.07) is 2.78. The summed E-state index contributed by atoms with van der Waals surface area (Å²) in [5.41, 5.74) is 3.37. The van der Waals surface area contributed by atoms with E-state index in [4.69, 9.17) is 4.98 Å². The number of hydrogen-bond acceptors (Lipinski definition) is 6. The highest BCUT2D eigenvalue weighted by atomic mass is 19.1. The minimum atomic E-state index is -1.73. The summed E-state index contributed by atoms with van der Waals surface area (Å²) in [5.74, 6) is -1.00. The third-order valence-corrected chi connectivity index (χ3v) is 9.56. The molecule has 0 unspecified atom stereocenters. The third kappa shape index (κ3) is 3.29. The molecule has 2 aromatic heterocycles. The van der Waals surface area contributed by atoms with Crippen LogP contribution in [0.25, 0.3) is 22.3 Å². The fourth-order valence-corrected chi connectivity index (χ4v) is 7.17. The van der Waals surface area contributed by atoms with Gasteiger partial charge in [0.25, 0.3) is 5.56 Å². The molecule has 39 heavy (non-hydrogen) atoms. The van der Waals surface area contributed by atoms with Crippen LogP contribution >= 0.6 is 0 Å². The summed E-state index contributed by atoms with van der Waals surface area (Å²) in [6.45, 7) is 3.73. The van der Waals surface area contributed by atoms with Crippen LogP contribution in [-0.4, -0.2) is 37.6 Å². The van der Waals surface area contributed by atoms with Gasteiger partial charge in [-0.3, -0.25) is 14.4 Å². The number of pyridine rings is 2. The molecule has 7 rings (SSSR count). The van der Waals surface area contributed by atoms with Crippen molar-refractivity contribution in [3.63, 3.8) is 0 Å². The van der Waals surface area contributed by atoms with Crippen LogP contribution in [-0.2, 0) is 34.6 Å². The van der Waals surface area contributed by atoms with Crippen molar-refractivity contribution in [3.05, 3.63) is 61.7 Å². The Hall–Kier alpha value is -3.43. The molecule has 3 aliphatic carbocycles. The molecule has 0 bridgehead atoms. The number of carbonyl (C=O) groups excluding carboxylic acids is 2. The Bertz CT molecular complexity index is 1690. The van der Waals surface area contributed by atoms with Crippen molar-refractivity contribution < 1.29 is 24.2 Å². The van der Waals surface area contributed by atoms with E-state index in [1.54, 1.807) is 24.5 Å². The van der Waals surface area contributed by atoms with Crippen molar-refractivity contribution in [2.75, 3.05) is 0 Å². The number of aromatic nitrogens is 2. The number of aryl methyl sites for hydroxylation is 1. The molecule has 4 aliphatic rings. The van der Waals surface area contributed by atoms with Crippen molar-refractivity contribution in [2.45, 2.75) is 83.1 Å². The standard InChI is InChI=1S/C30H30FN3O5/c1-3-30(39)19-10-23-27-18(12-34(23)29(38)17(19)5-7-24(30)36)26-21(33-28(37)14-8-15(35)9-14)6-4-16-13(2)20(31)11-22(32-27)25(16)26/h10-11,14-15,21,35,39H,3-9,12H2,1-2H3,(H,33,37)/t14?,15?,21-,30-/m0/s1. The number of Topliss-reactive ketones (excluding diaryl/α,β-unsaturated/α-hetero) is 1. The Labute approximate surface area is 223 Å². The first-order chi connectivity index (χ1) is 18.6. The third-order valence-electron chi connectivity index (χ3n) is 9.56. The number of hydrogen-bond donors (Lipinski definition) is 3. The van der Waals surface area contributed by atoms with E-state index in [1.165, 1.54) is 6.07 Å². The number of nitrogens with zero attached hydrogens (tertiary/aromatic N) is 2. The van der Waals surface area contributed by atoms with Gasteiger partial charge in [-0.1, -0.05) is 6.92 Å². The van der Waals surface area contributed by atoms with Gasteiger partial charge in [-0.2, -0.15) is 0 Å². The minimum Gasteiger partial charge on any atom is -0.393 e. The predicted molar refractivity (Wildman–Crippen MR) is 141 cm³/mol. The summed E-state index contributed by atoms with van der Waals surface area (Å²) >= 11 is 0. The lowest BCUT2D eigenvalue weighted by molar-refractivity contribution is -0.140. The Morgan fingerprint density at radius 1 is 1.18 bits per heavy atom. The molecule has 3 aromatic rings. The fourth-order valence-electron chi connectivity index (χ4n) is 7.17. The average Bonchev–Trinajstić information content (AvgIpc) is 3.27. The van der Waals surface area contributed by atoms with Crippen molar-refractivity contribution in [1.29, 1.82) is 0 Å². The van der Waals surface area contributed by atoms with Crippen LogP contribution in [0.2, 0.25) is 0 Å². The quantitative estimate of drug-likeness (QED) is 0.374. The highest BCUT2D eigenvalue weighted by Gasteiger charge is 2.44. The molecule has 1 fully saturated rings. The average molecular weight is 532 g/mol. The molecule has 202 valence electrons. The number of amides is 1. The molecule has 1 aromatic carbocycles. The molecular weight excluding hydrogens is 501 g/mol. The summed E-state index contributed by atoms with van der Waals surface area (Å²) in [6.07, 6.45) is 2.13. The summed E-state index contributed by atoms with van der Waals surface area (Å²) in [5, 5.41) is 25.0. The van der Waals surface area contributed by atoms with Crippen molar-refractivity contribution in [2.24, 2.45) is 5.92 Å². The molecule has 0 spiro atoms. The van der Waals surface area contributed by atoms with E-state index in [0.717, 1.165) is 22.1 Å². The fraction of sp³-hybridized carbons (Fsp3) is 0.467. The Kier molecular flexibility index (Phi) is 5.23. The van der Waals surface area contributed by atoms with Gasteiger partial charge in [0.15, 0.2) is 5.78 Å². The van der Waals surface area contributed by atoms with Crippen LogP contribution in [0.4, 0.5) is 4.39 Å². The maximum Gasteiger partial charge on any atom is 0.254 e. The van der Waals surface area contributed by atoms with Gasteiger partial charge >= 0.3 is 0 Å². The SMILES string of the molecule is CC[C@@]1(O)C(=O)CCc2c1cc1n(c2=O)Cc2c-1nc1cc(F)c(C)c3c1c2[C@@H](NC(=O)C1CC(O)C1)CC3. The first-order valence-corrected chi connectivity index (χ1v) is 13.8. The lowest BCUT2D eigenvalue weighted by atomic mass is 9.77. The predicted octanol–water partition coefficient (Wildman–Crippen LogP) is 2.86. The zero-order valence-electron chi connectivity index (χ0n) is 21.9. The second kappa shape index (κ2) is 8.29. The summed E-state index contributed by atoms with van der Waals surface area (Å²) < 4.78 is 16.7. The van der Waals surface area contributed by atoms with Crippen LogP contribution in [0.1, 0.15) is 78.5 Å². The number of fused-ring (bicyclic) bond motifs is 5. The number of carbonyl (C=O) groups is 2. The zero-order valence-corrected chi connectivity index (χ0v) is 21.9. The van der Waals surface area contributed by atoms with Gasteiger partial charge in [0.2, 0.25) is 5.91 Å². The number of ketones is 1. The van der Waals surface area contributed by atoms with Crippen LogP contribution < -0.4 is 10.9 Å². The molecule has 0 saturated heterocycles. The smallest absolute Gasteiger partial charge is 0.254 e. The van der Waals surface area contributed by atoms with Crippen LogP contribution in [0, 0.1) is 18.7 Å². The van der Waals surface area contributed by atoms with Crippen LogP contribution in [0.3, 0.4) is 0 Å². The largest absolute Gasteiger partial charge is 0.393 e. The number of benzene rings is 1. The number of nitrogens with one attached hydrogen (secondary N) is 1. The lowest BCUT2D eigenvalue weighted by Gasteiger charge is -2.34. The molecule has 2 atom stereocenters. The van der Waals surface area contributed by atoms with Crippen LogP contribution in [0.5, 0.6) is 0 Å². The maximum absolute atomic E-state index is 15.0. The molecule has 3 heterocycles. The monoisotopic (exact) mass is 531 g/mol. The van der Waals surface area contributed by atoms with E-state index < -0.39 is 11.7 Å². The molecule has 8 nitrogen and oxygen atoms in total. The molecule has 3 N–H and O–H groups in total. The minimum absolute atomic E-state index is 0.109. The van der Waals surface area contributed by atoms with E-state index in [2.05, 4.69) is 5.32 Å². The highest BCUT2D eigenvalue weighted by molar-refractivity contribution is 5.94. The number of aliphatic hydroxyl groups excluding tert-OH is 1. The van der Waals surface area contributed by atoms with Gasteiger partial charge in [-0.25, -0.2) is 9.37 Å². The first-order valence-electron chi connectivity index (χ1n) is 13.8. The van der Waals surface area contributed by atoms with Gasteiger partial charge in [-0.15, -0.1) is 0 Å². The second-order valence-corrected chi connectivity index (χ2v) is 11.6. The highest BCUT2D eigenvalue weighted by Crippen LogP contribution is 2.46.